The van der Waals surface area contributed by atoms with E-state index in [1.807, 2.05) is 0 Å². The predicted molar refractivity (Wildman–Crippen MR) is 75.2 cm³/mol. The molecule has 0 spiro atoms. The van der Waals surface area contributed by atoms with Crippen LogP contribution in [0.3, 0.4) is 0 Å². The third-order valence-corrected chi connectivity index (χ3v) is 4.65. The maximum atomic E-state index is 11.6. The van der Waals surface area contributed by atoms with Gasteiger partial charge in [0.05, 0.1) is 17.1 Å². The Morgan fingerprint density at radius 1 is 1.45 bits per heavy atom. The molecular weight excluding hydrogens is 280 g/mol. The number of hydrogen-bond acceptors (Lipinski definition) is 6. The molecule has 0 radical (unpaired) electrons. The van der Waals surface area contributed by atoms with Crippen LogP contribution in [0.5, 0.6) is 0 Å². The van der Waals surface area contributed by atoms with E-state index in [-0.39, 0.29) is 23.5 Å². The summed E-state index contributed by atoms with van der Waals surface area (Å²) in [4.78, 5) is 19.6. The van der Waals surface area contributed by atoms with Gasteiger partial charge in [0.1, 0.15) is 0 Å². The Balaban J connectivity index is 1.95. The quantitative estimate of drug-likeness (QED) is 0.741. The number of rotatable bonds is 5. The number of hydrogen-bond donors (Lipinski definition) is 2. The van der Waals surface area contributed by atoms with E-state index in [9.17, 15) is 13.2 Å². The molecule has 7 nitrogen and oxygen atoms in total. The Labute approximate surface area is 117 Å². The standard InChI is InChI=1S/C12H16N4O3S/c1-2-4-13-11(17)9-6-14-12(15-7-9)16-10-3-5-20(18,19)8-10/h2,6-7,10H,1,3-5,8H2,(H,13,17)(H,14,15,16). The second-order valence-corrected chi connectivity index (χ2v) is 6.77. The van der Waals surface area contributed by atoms with Crippen molar-refractivity contribution < 1.29 is 13.2 Å². The van der Waals surface area contributed by atoms with Crippen LogP contribution in [0.4, 0.5) is 5.95 Å². The summed E-state index contributed by atoms with van der Waals surface area (Å²) in [6.45, 7) is 3.88. The Bertz CT molecular complexity index is 598. The van der Waals surface area contributed by atoms with Gasteiger partial charge in [0.2, 0.25) is 5.95 Å². The first kappa shape index (κ1) is 14.4. The van der Waals surface area contributed by atoms with Crippen molar-refractivity contribution in [3.8, 4) is 0 Å². The van der Waals surface area contributed by atoms with Gasteiger partial charge in [-0.3, -0.25) is 4.79 Å². The van der Waals surface area contributed by atoms with E-state index in [2.05, 4.69) is 27.2 Å². The summed E-state index contributed by atoms with van der Waals surface area (Å²) in [5, 5.41) is 5.57. The van der Waals surface area contributed by atoms with Crippen molar-refractivity contribution in [3.63, 3.8) is 0 Å². The largest absolute Gasteiger partial charge is 0.350 e. The molecule has 20 heavy (non-hydrogen) atoms. The topological polar surface area (TPSA) is 101 Å². The number of sulfone groups is 1. The van der Waals surface area contributed by atoms with Crippen molar-refractivity contribution in [2.45, 2.75) is 12.5 Å². The molecule has 108 valence electrons. The molecule has 2 heterocycles. The second kappa shape index (κ2) is 6.00. The lowest BCUT2D eigenvalue weighted by atomic mass is 10.3. The van der Waals surface area contributed by atoms with Crippen LogP contribution in [0.15, 0.2) is 25.0 Å². The number of nitrogens with zero attached hydrogens (tertiary/aromatic N) is 2. The van der Waals surface area contributed by atoms with Crippen LogP contribution in [-0.2, 0) is 9.84 Å². The van der Waals surface area contributed by atoms with Crippen molar-refractivity contribution in [1.82, 2.24) is 15.3 Å². The first-order chi connectivity index (χ1) is 9.50. The molecular formula is C12H16N4O3S. The van der Waals surface area contributed by atoms with E-state index in [1.54, 1.807) is 6.08 Å². The van der Waals surface area contributed by atoms with Crippen molar-refractivity contribution in [2.24, 2.45) is 0 Å². The molecule has 0 aromatic carbocycles. The molecule has 2 N–H and O–H groups in total. The van der Waals surface area contributed by atoms with E-state index in [0.29, 0.717) is 24.5 Å². The highest BCUT2D eigenvalue weighted by Crippen LogP contribution is 2.14. The van der Waals surface area contributed by atoms with Crippen LogP contribution in [0, 0.1) is 0 Å². The number of nitrogens with one attached hydrogen (secondary N) is 2. The fourth-order valence-corrected chi connectivity index (χ4v) is 3.55. The number of carbonyl (C=O) groups is 1. The van der Waals surface area contributed by atoms with Crippen molar-refractivity contribution in [2.75, 3.05) is 23.4 Å². The average Bonchev–Trinajstić information content (AvgIpc) is 2.76. The number of amides is 1. The van der Waals surface area contributed by atoms with Crippen LogP contribution in [-0.4, -0.2) is 48.4 Å². The Morgan fingerprint density at radius 2 is 2.15 bits per heavy atom. The third-order valence-electron chi connectivity index (χ3n) is 2.89. The molecule has 1 aliphatic heterocycles. The highest BCUT2D eigenvalue weighted by atomic mass is 32.2. The smallest absolute Gasteiger partial charge is 0.254 e. The fraction of sp³-hybridized carbons (Fsp3) is 0.417. The number of anilines is 1. The van der Waals surface area contributed by atoms with E-state index >= 15 is 0 Å². The zero-order valence-electron chi connectivity index (χ0n) is 10.9. The SMILES string of the molecule is C=CCNC(=O)c1cnc(NC2CCS(=O)(=O)C2)nc1. The van der Waals surface area contributed by atoms with Gasteiger partial charge >= 0.3 is 0 Å². The molecule has 0 aliphatic carbocycles. The van der Waals surface area contributed by atoms with Gasteiger partial charge in [-0.15, -0.1) is 6.58 Å². The maximum Gasteiger partial charge on any atom is 0.254 e. The molecule has 2 rings (SSSR count). The highest BCUT2D eigenvalue weighted by Gasteiger charge is 2.28. The van der Waals surface area contributed by atoms with Crippen molar-refractivity contribution >= 4 is 21.7 Å². The molecule has 1 aromatic heterocycles. The van der Waals surface area contributed by atoms with Gasteiger partial charge in [-0.25, -0.2) is 18.4 Å². The summed E-state index contributed by atoms with van der Waals surface area (Å²) in [5.74, 6) is 0.331. The third kappa shape index (κ3) is 3.77. The normalized spacial score (nSPS) is 20.3. The lowest BCUT2D eigenvalue weighted by molar-refractivity contribution is 0.0957. The van der Waals surface area contributed by atoms with Gasteiger partial charge in [-0.2, -0.15) is 0 Å². The number of carbonyl (C=O) groups excluding carboxylic acids is 1. The van der Waals surface area contributed by atoms with E-state index in [0.717, 1.165) is 0 Å². The summed E-state index contributed by atoms with van der Waals surface area (Å²) in [7, 11) is -2.94. The minimum absolute atomic E-state index is 0.0952. The molecule has 1 fully saturated rings. The molecule has 1 amide bonds. The summed E-state index contributed by atoms with van der Waals surface area (Å²) >= 11 is 0. The van der Waals surface area contributed by atoms with Crippen LogP contribution in [0.25, 0.3) is 0 Å². The van der Waals surface area contributed by atoms with E-state index < -0.39 is 9.84 Å². The molecule has 1 aliphatic rings. The lowest BCUT2D eigenvalue weighted by Gasteiger charge is -2.10. The number of aromatic nitrogens is 2. The second-order valence-electron chi connectivity index (χ2n) is 4.54. The minimum atomic E-state index is -2.94. The van der Waals surface area contributed by atoms with Gasteiger partial charge in [-0.1, -0.05) is 6.08 Å². The summed E-state index contributed by atoms with van der Waals surface area (Å²) in [6, 6.07) is -0.166. The van der Waals surface area contributed by atoms with Crippen LogP contribution in [0.2, 0.25) is 0 Å². The van der Waals surface area contributed by atoms with Crippen LogP contribution in [0.1, 0.15) is 16.8 Å². The molecule has 0 bridgehead atoms. The van der Waals surface area contributed by atoms with E-state index in [4.69, 9.17) is 0 Å². The van der Waals surface area contributed by atoms with Gasteiger partial charge in [0, 0.05) is 25.0 Å². The zero-order chi connectivity index (χ0) is 14.6. The Morgan fingerprint density at radius 3 is 2.70 bits per heavy atom. The van der Waals surface area contributed by atoms with Crippen LogP contribution >= 0.6 is 0 Å². The van der Waals surface area contributed by atoms with Crippen molar-refractivity contribution in [1.29, 1.82) is 0 Å². The monoisotopic (exact) mass is 296 g/mol. The maximum absolute atomic E-state index is 11.6. The predicted octanol–water partition coefficient (Wildman–Crippen LogP) is -0.00860. The molecule has 1 unspecified atom stereocenters. The first-order valence-electron chi connectivity index (χ1n) is 6.18. The van der Waals surface area contributed by atoms with Crippen molar-refractivity contribution in [3.05, 3.63) is 30.6 Å². The van der Waals surface area contributed by atoms with E-state index in [1.165, 1.54) is 12.4 Å². The Hall–Kier alpha value is -1.96. The zero-order valence-corrected chi connectivity index (χ0v) is 11.7. The summed E-state index contributed by atoms with van der Waals surface area (Å²) in [5.41, 5.74) is 0.344. The minimum Gasteiger partial charge on any atom is -0.350 e. The summed E-state index contributed by atoms with van der Waals surface area (Å²) < 4.78 is 22.7. The van der Waals surface area contributed by atoms with Crippen LogP contribution < -0.4 is 10.6 Å². The summed E-state index contributed by atoms with van der Waals surface area (Å²) in [6.07, 6.45) is 4.93. The highest BCUT2D eigenvalue weighted by molar-refractivity contribution is 7.91. The molecule has 8 heteroatoms. The first-order valence-corrected chi connectivity index (χ1v) is 8.00. The molecule has 1 saturated heterocycles. The van der Waals surface area contributed by atoms with Gasteiger partial charge in [0.15, 0.2) is 9.84 Å². The Kier molecular flexibility index (Phi) is 4.33. The molecule has 0 saturated carbocycles. The lowest BCUT2D eigenvalue weighted by Crippen LogP contribution is -2.24. The van der Waals surface area contributed by atoms with Gasteiger partial charge in [0.25, 0.3) is 5.91 Å². The van der Waals surface area contributed by atoms with Gasteiger partial charge in [-0.05, 0) is 6.42 Å². The molecule has 1 atom stereocenters. The molecule has 1 aromatic rings. The van der Waals surface area contributed by atoms with Gasteiger partial charge < -0.3 is 10.6 Å². The fourth-order valence-electron chi connectivity index (χ4n) is 1.88. The average molecular weight is 296 g/mol.